The van der Waals surface area contributed by atoms with Crippen molar-refractivity contribution in [1.29, 1.82) is 0 Å². The lowest BCUT2D eigenvalue weighted by molar-refractivity contribution is 0.0690. The third kappa shape index (κ3) is 1.77. The normalized spacial score (nSPS) is 10.5. The average Bonchev–Trinajstić information content (AvgIpc) is 2.86. The molecule has 0 bridgehead atoms. The van der Waals surface area contributed by atoms with E-state index in [9.17, 15) is 4.79 Å². The van der Waals surface area contributed by atoms with Gasteiger partial charge in [0, 0.05) is 6.54 Å². The number of aromatic carboxylic acids is 1. The molecule has 0 amide bonds. The van der Waals surface area contributed by atoms with Crippen molar-refractivity contribution in [2.45, 2.75) is 6.54 Å². The maximum absolute atomic E-state index is 10.8. The smallest absolute Gasteiger partial charge is 0.355 e. The van der Waals surface area contributed by atoms with E-state index >= 15 is 0 Å². The molecule has 0 aromatic carbocycles. The van der Waals surface area contributed by atoms with Gasteiger partial charge in [0.15, 0.2) is 16.5 Å². The SMILES string of the molecule is NCc1sc(-c2ccco2)nc1C(=O)O. The summed E-state index contributed by atoms with van der Waals surface area (Å²) in [4.78, 5) is 15.3. The second-order valence-electron chi connectivity index (χ2n) is 2.78. The molecule has 0 fully saturated rings. The first kappa shape index (κ1) is 9.88. The van der Waals surface area contributed by atoms with E-state index in [2.05, 4.69) is 4.98 Å². The van der Waals surface area contributed by atoms with Crippen LogP contribution in [0, 0.1) is 0 Å². The number of carboxylic acid groups (broad SMARTS) is 1. The number of rotatable bonds is 3. The molecule has 0 atom stereocenters. The number of carbonyl (C=O) groups is 1. The largest absolute Gasteiger partial charge is 0.476 e. The van der Waals surface area contributed by atoms with Crippen molar-refractivity contribution in [3.63, 3.8) is 0 Å². The van der Waals surface area contributed by atoms with E-state index in [0.29, 0.717) is 15.6 Å². The molecule has 2 aromatic heterocycles. The first-order chi connectivity index (χ1) is 7.22. The zero-order valence-corrected chi connectivity index (χ0v) is 8.45. The van der Waals surface area contributed by atoms with Crippen molar-refractivity contribution in [3.8, 4) is 10.8 Å². The Morgan fingerprint density at radius 2 is 2.47 bits per heavy atom. The van der Waals surface area contributed by atoms with Gasteiger partial charge >= 0.3 is 5.97 Å². The lowest BCUT2D eigenvalue weighted by Gasteiger charge is -1.89. The molecule has 0 unspecified atom stereocenters. The first-order valence-corrected chi connectivity index (χ1v) is 5.01. The zero-order valence-electron chi connectivity index (χ0n) is 7.64. The Kier molecular flexibility index (Phi) is 2.53. The molecule has 0 saturated carbocycles. The number of nitrogens with zero attached hydrogens (tertiary/aromatic N) is 1. The van der Waals surface area contributed by atoms with E-state index in [1.165, 1.54) is 17.6 Å². The van der Waals surface area contributed by atoms with Crippen LogP contribution in [0.1, 0.15) is 15.4 Å². The number of thiazole rings is 1. The van der Waals surface area contributed by atoms with Crippen molar-refractivity contribution in [3.05, 3.63) is 29.0 Å². The Labute approximate surface area is 89.2 Å². The Morgan fingerprint density at radius 3 is 2.93 bits per heavy atom. The molecular weight excluding hydrogens is 216 g/mol. The van der Waals surface area contributed by atoms with Crippen LogP contribution in [0.3, 0.4) is 0 Å². The number of nitrogens with two attached hydrogens (primary N) is 1. The standard InChI is InChI=1S/C9H8N2O3S/c10-4-6-7(9(12)13)11-8(15-6)5-2-1-3-14-5/h1-3H,4,10H2,(H,12,13). The van der Waals surface area contributed by atoms with Crippen LogP contribution in [0.2, 0.25) is 0 Å². The minimum absolute atomic E-state index is 0.00824. The number of furan rings is 1. The maximum atomic E-state index is 10.8. The Balaban J connectivity index is 2.48. The van der Waals surface area contributed by atoms with Gasteiger partial charge in [-0.3, -0.25) is 0 Å². The van der Waals surface area contributed by atoms with E-state index < -0.39 is 5.97 Å². The summed E-state index contributed by atoms with van der Waals surface area (Å²) in [6.45, 7) is 0.167. The summed E-state index contributed by atoms with van der Waals surface area (Å²) in [6.07, 6.45) is 1.51. The lowest BCUT2D eigenvalue weighted by atomic mass is 10.3. The Hall–Kier alpha value is -1.66. The second kappa shape index (κ2) is 3.84. The van der Waals surface area contributed by atoms with E-state index in [0.717, 1.165) is 0 Å². The highest BCUT2D eigenvalue weighted by Crippen LogP contribution is 2.28. The van der Waals surface area contributed by atoms with Gasteiger partial charge in [-0.1, -0.05) is 0 Å². The molecule has 0 spiro atoms. The van der Waals surface area contributed by atoms with Gasteiger partial charge in [-0.05, 0) is 12.1 Å². The van der Waals surface area contributed by atoms with Crippen LogP contribution in [0.4, 0.5) is 0 Å². The zero-order chi connectivity index (χ0) is 10.8. The molecule has 3 N–H and O–H groups in total. The third-order valence-electron chi connectivity index (χ3n) is 1.82. The summed E-state index contributed by atoms with van der Waals surface area (Å²) >= 11 is 1.23. The second-order valence-corrected chi connectivity index (χ2v) is 3.86. The van der Waals surface area contributed by atoms with Gasteiger partial charge in [-0.2, -0.15) is 0 Å². The van der Waals surface area contributed by atoms with Crippen LogP contribution < -0.4 is 5.73 Å². The van der Waals surface area contributed by atoms with Crippen molar-refractivity contribution in [2.75, 3.05) is 0 Å². The van der Waals surface area contributed by atoms with Gasteiger partial charge in [0.25, 0.3) is 0 Å². The molecule has 2 rings (SSSR count). The molecule has 2 heterocycles. The molecule has 0 aliphatic carbocycles. The van der Waals surface area contributed by atoms with Crippen LogP contribution in [-0.2, 0) is 6.54 Å². The first-order valence-electron chi connectivity index (χ1n) is 4.19. The maximum Gasteiger partial charge on any atom is 0.355 e. The van der Waals surface area contributed by atoms with E-state index in [1.807, 2.05) is 0 Å². The van der Waals surface area contributed by atoms with Crippen LogP contribution >= 0.6 is 11.3 Å². The van der Waals surface area contributed by atoms with E-state index in [4.69, 9.17) is 15.3 Å². The van der Waals surface area contributed by atoms with Crippen molar-refractivity contribution in [2.24, 2.45) is 5.73 Å². The summed E-state index contributed by atoms with van der Waals surface area (Å²) in [5.41, 5.74) is 5.44. The third-order valence-corrected chi connectivity index (χ3v) is 2.91. The average molecular weight is 224 g/mol. The Morgan fingerprint density at radius 1 is 1.67 bits per heavy atom. The Bertz CT molecular complexity index is 476. The highest BCUT2D eigenvalue weighted by atomic mass is 32.1. The fourth-order valence-corrected chi connectivity index (χ4v) is 2.06. The molecule has 0 aliphatic heterocycles. The molecule has 15 heavy (non-hydrogen) atoms. The number of hydrogen-bond donors (Lipinski definition) is 2. The molecule has 5 nitrogen and oxygen atoms in total. The monoisotopic (exact) mass is 224 g/mol. The van der Waals surface area contributed by atoms with Gasteiger partial charge in [0.1, 0.15) is 0 Å². The minimum Gasteiger partial charge on any atom is -0.476 e. The topological polar surface area (TPSA) is 89.4 Å². The predicted molar refractivity (Wildman–Crippen MR) is 54.7 cm³/mol. The van der Waals surface area contributed by atoms with E-state index in [-0.39, 0.29) is 12.2 Å². The summed E-state index contributed by atoms with van der Waals surface area (Å²) < 4.78 is 5.13. The van der Waals surface area contributed by atoms with Gasteiger partial charge in [0.05, 0.1) is 11.1 Å². The van der Waals surface area contributed by atoms with Gasteiger partial charge in [-0.15, -0.1) is 11.3 Å². The molecule has 2 aromatic rings. The number of aromatic nitrogens is 1. The molecule has 0 saturated heterocycles. The summed E-state index contributed by atoms with van der Waals surface area (Å²) in [5.74, 6) is -0.508. The molecule has 6 heteroatoms. The van der Waals surface area contributed by atoms with Crippen LogP contribution in [-0.4, -0.2) is 16.1 Å². The molecule has 78 valence electrons. The summed E-state index contributed by atoms with van der Waals surface area (Å²) in [7, 11) is 0. The van der Waals surface area contributed by atoms with Crippen molar-refractivity contribution >= 4 is 17.3 Å². The van der Waals surface area contributed by atoms with Gasteiger partial charge in [-0.25, -0.2) is 9.78 Å². The summed E-state index contributed by atoms with van der Waals surface area (Å²) in [5, 5.41) is 9.41. The molecular formula is C9H8N2O3S. The lowest BCUT2D eigenvalue weighted by Crippen LogP contribution is -2.04. The molecule has 0 aliphatic rings. The fraction of sp³-hybridized carbons (Fsp3) is 0.111. The number of carboxylic acids is 1. The van der Waals surface area contributed by atoms with Gasteiger partial charge < -0.3 is 15.3 Å². The van der Waals surface area contributed by atoms with Gasteiger partial charge in [0.2, 0.25) is 0 Å². The van der Waals surface area contributed by atoms with Crippen LogP contribution in [0.5, 0.6) is 0 Å². The quantitative estimate of drug-likeness (QED) is 0.825. The fourth-order valence-electron chi connectivity index (χ4n) is 1.16. The van der Waals surface area contributed by atoms with Crippen molar-refractivity contribution in [1.82, 2.24) is 4.98 Å². The predicted octanol–water partition coefficient (Wildman–Crippen LogP) is 1.56. The highest BCUT2D eigenvalue weighted by molar-refractivity contribution is 7.15. The van der Waals surface area contributed by atoms with Crippen LogP contribution in [0.15, 0.2) is 22.8 Å². The van der Waals surface area contributed by atoms with Crippen molar-refractivity contribution < 1.29 is 14.3 Å². The molecule has 0 radical (unpaired) electrons. The number of hydrogen-bond acceptors (Lipinski definition) is 5. The minimum atomic E-state index is -1.07. The van der Waals surface area contributed by atoms with E-state index in [1.54, 1.807) is 12.1 Å². The summed E-state index contributed by atoms with van der Waals surface area (Å²) in [6, 6.07) is 3.45. The highest BCUT2D eigenvalue weighted by Gasteiger charge is 2.17. The van der Waals surface area contributed by atoms with Crippen LogP contribution in [0.25, 0.3) is 10.8 Å².